The van der Waals surface area contributed by atoms with Gasteiger partial charge in [-0.25, -0.2) is 9.50 Å². The molecule has 1 atom stereocenters. The number of nitrogens with one attached hydrogen (secondary N) is 2. The number of amides is 1. The van der Waals surface area contributed by atoms with Crippen LogP contribution in [0.4, 0.5) is 5.69 Å². The molecule has 1 amide bonds. The second kappa shape index (κ2) is 4.39. The zero-order chi connectivity index (χ0) is 15.4. The molecule has 0 fully saturated rings. The Kier molecular flexibility index (Phi) is 2.35. The summed E-state index contributed by atoms with van der Waals surface area (Å²) >= 11 is 0. The van der Waals surface area contributed by atoms with E-state index in [4.69, 9.17) is 0 Å². The molecular weight excluding hydrogens is 292 g/mol. The Balaban J connectivity index is 1.77. The fourth-order valence-electron chi connectivity index (χ4n) is 3.33. The molecule has 1 aliphatic rings. The summed E-state index contributed by atoms with van der Waals surface area (Å²) in [4.78, 5) is 16.4. The van der Waals surface area contributed by atoms with Gasteiger partial charge in [-0.15, -0.1) is 0 Å². The van der Waals surface area contributed by atoms with Crippen molar-refractivity contribution < 1.29 is 4.79 Å². The largest absolute Gasteiger partial charge is 0.326 e. The number of carbonyl (C=O) groups is 1. The Morgan fingerprint density at radius 2 is 2.22 bits per heavy atom. The molecule has 1 aliphatic heterocycles. The fourth-order valence-corrected chi connectivity index (χ4v) is 3.33. The first-order valence-corrected chi connectivity index (χ1v) is 7.35. The lowest BCUT2D eigenvalue weighted by Gasteiger charge is -2.26. The number of aromatic nitrogens is 5. The van der Waals surface area contributed by atoms with Gasteiger partial charge < -0.3 is 5.32 Å². The van der Waals surface area contributed by atoms with Crippen molar-refractivity contribution in [3.8, 4) is 0 Å². The highest BCUT2D eigenvalue weighted by Gasteiger charge is 2.29. The van der Waals surface area contributed by atoms with Crippen molar-refractivity contribution in [3.63, 3.8) is 0 Å². The molecule has 2 N–H and O–H groups in total. The number of H-pyrrole nitrogens is 1. The predicted octanol–water partition coefficient (Wildman–Crippen LogP) is 2.08. The van der Waals surface area contributed by atoms with Crippen LogP contribution in [0.3, 0.4) is 0 Å². The SMILES string of the molecule is O=C1CC(c2ccn3ncnc3c2)c2c(ccc3cn[nH]c23)N1. The van der Waals surface area contributed by atoms with Crippen LogP contribution in [0.2, 0.25) is 0 Å². The summed E-state index contributed by atoms with van der Waals surface area (Å²) in [7, 11) is 0. The highest BCUT2D eigenvalue weighted by Crippen LogP contribution is 2.40. The van der Waals surface area contributed by atoms with Gasteiger partial charge in [0, 0.05) is 35.2 Å². The van der Waals surface area contributed by atoms with Crippen LogP contribution in [0.15, 0.2) is 43.0 Å². The monoisotopic (exact) mass is 304 g/mol. The van der Waals surface area contributed by atoms with Crippen molar-refractivity contribution >= 4 is 28.1 Å². The number of fused-ring (bicyclic) bond motifs is 4. The molecule has 0 saturated heterocycles. The quantitative estimate of drug-likeness (QED) is 0.563. The van der Waals surface area contributed by atoms with E-state index in [9.17, 15) is 4.79 Å². The number of benzene rings is 1. The normalized spacial score (nSPS) is 17.4. The van der Waals surface area contributed by atoms with Crippen molar-refractivity contribution in [3.05, 3.63) is 54.1 Å². The smallest absolute Gasteiger partial charge is 0.225 e. The minimum absolute atomic E-state index is 0.0164. The van der Waals surface area contributed by atoms with Gasteiger partial charge in [-0.2, -0.15) is 10.2 Å². The van der Waals surface area contributed by atoms with E-state index in [1.807, 2.05) is 30.5 Å². The third kappa shape index (κ3) is 1.76. The van der Waals surface area contributed by atoms with Crippen molar-refractivity contribution in [2.75, 3.05) is 5.32 Å². The Morgan fingerprint density at radius 3 is 3.17 bits per heavy atom. The molecule has 0 saturated carbocycles. The number of anilines is 1. The van der Waals surface area contributed by atoms with E-state index < -0.39 is 0 Å². The first-order valence-electron chi connectivity index (χ1n) is 7.35. The summed E-state index contributed by atoms with van der Waals surface area (Å²) in [6.45, 7) is 0. The average Bonchev–Trinajstić information content (AvgIpc) is 3.21. The van der Waals surface area contributed by atoms with Crippen LogP contribution in [0.5, 0.6) is 0 Å². The average molecular weight is 304 g/mol. The summed E-state index contributed by atoms with van der Waals surface area (Å²) in [5.74, 6) is -0.0210. The maximum absolute atomic E-state index is 12.1. The van der Waals surface area contributed by atoms with E-state index in [1.165, 1.54) is 6.33 Å². The topological polar surface area (TPSA) is 88.0 Å². The number of hydrogen-bond acceptors (Lipinski definition) is 4. The van der Waals surface area contributed by atoms with Gasteiger partial charge in [0.25, 0.3) is 0 Å². The minimum atomic E-state index is -0.0374. The molecule has 3 aromatic heterocycles. The van der Waals surface area contributed by atoms with Crippen molar-refractivity contribution in [2.45, 2.75) is 12.3 Å². The van der Waals surface area contributed by atoms with E-state index in [1.54, 1.807) is 10.7 Å². The Hall–Kier alpha value is -3.22. The number of aromatic amines is 1. The lowest BCUT2D eigenvalue weighted by Crippen LogP contribution is -2.23. The van der Waals surface area contributed by atoms with E-state index in [0.29, 0.717) is 6.42 Å². The van der Waals surface area contributed by atoms with Gasteiger partial charge in [0.15, 0.2) is 5.65 Å². The second-order valence-electron chi connectivity index (χ2n) is 5.69. The summed E-state index contributed by atoms with van der Waals surface area (Å²) in [5.41, 5.74) is 4.69. The third-order valence-corrected chi connectivity index (χ3v) is 4.38. The third-order valence-electron chi connectivity index (χ3n) is 4.38. The lowest BCUT2D eigenvalue weighted by atomic mass is 9.84. The van der Waals surface area contributed by atoms with Gasteiger partial charge in [0.05, 0.1) is 11.7 Å². The molecule has 4 aromatic rings. The van der Waals surface area contributed by atoms with E-state index in [2.05, 4.69) is 25.6 Å². The van der Waals surface area contributed by atoms with Crippen molar-refractivity contribution in [1.29, 1.82) is 0 Å². The molecule has 4 heterocycles. The molecule has 5 rings (SSSR count). The summed E-state index contributed by atoms with van der Waals surface area (Å²) in [6, 6.07) is 7.87. The summed E-state index contributed by atoms with van der Waals surface area (Å²) in [6.07, 6.45) is 5.59. The first-order chi connectivity index (χ1) is 11.3. The van der Waals surface area contributed by atoms with Gasteiger partial charge in [-0.1, -0.05) is 0 Å². The Labute approximate surface area is 130 Å². The van der Waals surface area contributed by atoms with Gasteiger partial charge >= 0.3 is 0 Å². The number of hydrogen-bond donors (Lipinski definition) is 2. The van der Waals surface area contributed by atoms with Crippen LogP contribution >= 0.6 is 0 Å². The van der Waals surface area contributed by atoms with Gasteiger partial charge in [-0.3, -0.25) is 9.89 Å². The minimum Gasteiger partial charge on any atom is -0.326 e. The second-order valence-corrected chi connectivity index (χ2v) is 5.69. The van der Waals surface area contributed by atoms with Crippen LogP contribution in [0.1, 0.15) is 23.5 Å². The predicted molar refractivity (Wildman–Crippen MR) is 84.2 cm³/mol. The van der Waals surface area contributed by atoms with E-state index in [0.717, 1.165) is 33.4 Å². The van der Waals surface area contributed by atoms with Crippen LogP contribution in [-0.4, -0.2) is 30.7 Å². The van der Waals surface area contributed by atoms with Crippen molar-refractivity contribution in [2.24, 2.45) is 0 Å². The molecule has 0 bridgehead atoms. The molecule has 7 nitrogen and oxygen atoms in total. The number of pyridine rings is 1. The van der Waals surface area contributed by atoms with Crippen LogP contribution in [0.25, 0.3) is 16.6 Å². The van der Waals surface area contributed by atoms with Gasteiger partial charge in [-0.05, 0) is 29.8 Å². The molecule has 112 valence electrons. The zero-order valence-corrected chi connectivity index (χ0v) is 12.0. The molecule has 1 aromatic carbocycles. The maximum atomic E-state index is 12.1. The molecule has 0 aliphatic carbocycles. The van der Waals surface area contributed by atoms with Gasteiger partial charge in [0.2, 0.25) is 5.91 Å². The molecular formula is C16H12N6O. The summed E-state index contributed by atoms with van der Waals surface area (Å²) < 4.78 is 1.71. The number of nitrogens with zero attached hydrogens (tertiary/aromatic N) is 4. The Morgan fingerprint density at radius 1 is 1.26 bits per heavy atom. The first kappa shape index (κ1) is 12.3. The fraction of sp³-hybridized carbons (Fsp3) is 0.125. The molecule has 7 heteroatoms. The highest BCUT2D eigenvalue weighted by atomic mass is 16.1. The van der Waals surface area contributed by atoms with E-state index >= 15 is 0 Å². The van der Waals surface area contributed by atoms with Gasteiger partial charge in [0.1, 0.15) is 6.33 Å². The van der Waals surface area contributed by atoms with E-state index in [-0.39, 0.29) is 11.8 Å². The molecule has 0 spiro atoms. The number of carbonyl (C=O) groups excluding carboxylic acids is 1. The number of rotatable bonds is 1. The van der Waals surface area contributed by atoms with Crippen molar-refractivity contribution in [1.82, 2.24) is 24.8 Å². The highest BCUT2D eigenvalue weighted by molar-refractivity contribution is 6.00. The zero-order valence-electron chi connectivity index (χ0n) is 12.0. The molecule has 23 heavy (non-hydrogen) atoms. The standard InChI is InChI=1S/C16H12N6O/c23-14-6-11(9-3-4-22-13(5-9)17-8-19-22)15-12(20-14)2-1-10-7-18-21-16(10)15/h1-5,7-8,11H,6H2,(H,18,21)(H,20,23). The lowest BCUT2D eigenvalue weighted by molar-refractivity contribution is -0.116. The van der Waals surface area contributed by atoms with Crippen LogP contribution < -0.4 is 5.32 Å². The van der Waals surface area contributed by atoms with Crippen LogP contribution in [-0.2, 0) is 4.79 Å². The maximum Gasteiger partial charge on any atom is 0.225 e. The van der Waals surface area contributed by atoms with Crippen LogP contribution in [0, 0.1) is 0 Å². The molecule has 1 unspecified atom stereocenters. The Bertz CT molecular complexity index is 1060. The summed E-state index contributed by atoms with van der Waals surface area (Å²) in [5, 5.41) is 15.3. The molecule has 0 radical (unpaired) electrons.